The summed E-state index contributed by atoms with van der Waals surface area (Å²) < 4.78 is 13.6. The number of carbonyl (C=O) groups excluding carboxylic acids is 1. The van der Waals surface area contributed by atoms with Gasteiger partial charge in [-0.15, -0.1) is 0 Å². The summed E-state index contributed by atoms with van der Waals surface area (Å²) in [6.45, 7) is 5.94. The molecule has 3 aromatic heterocycles. The highest BCUT2D eigenvalue weighted by Gasteiger charge is 2.30. The number of nitrogens with two attached hydrogens (primary N) is 1. The molecule has 13 heteroatoms. The molecule has 4 heterocycles. The molecule has 7 rings (SSSR count). The van der Waals surface area contributed by atoms with Crippen LogP contribution in [0.15, 0.2) is 47.1 Å². The fraction of sp³-hybridized carbons (Fsp3) is 0.406. The van der Waals surface area contributed by atoms with Gasteiger partial charge in [-0.3, -0.25) is 9.69 Å². The molecule has 4 N–H and O–H groups in total. The minimum Gasteiger partial charge on any atom is -0.423 e. The van der Waals surface area contributed by atoms with E-state index in [9.17, 15) is 4.79 Å². The molecule has 0 unspecified atom stereocenters. The van der Waals surface area contributed by atoms with Gasteiger partial charge in [0, 0.05) is 48.4 Å². The van der Waals surface area contributed by atoms with Crippen LogP contribution in [0.25, 0.3) is 33.4 Å². The van der Waals surface area contributed by atoms with Crippen molar-refractivity contribution in [2.75, 3.05) is 43.5 Å². The van der Waals surface area contributed by atoms with Crippen LogP contribution in [0.2, 0.25) is 5.02 Å². The predicted octanol–water partition coefficient (Wildman–Crippen LogP) is 5.44. The summed E-state index contributed by atoms with van der Waals surface area (Å²) in [6.07, 6.45) is 6.01. The summed E-state index contributed by atoms with van der Waals surface area (Å²) in [4.78, 5) is 27.8. The van der Waals surface area contributed by atoms with Crippen LogP contribution in [-0.4, -0.2) is 74.4 Å². The van der Waals surface area contributed by atoms with E-state index in [-0.39, 0.29) is 18.4 Å². The van der Waals surface area contributed by atoms with Gasteiger partial charge in [0.1, 0.15) is 23.4 Å². The molecule has 0 atom stereocenters. The summed E-state index contributed by atoms with van der Waals surface area (Å²) >= 11 is 6.20. The number of primary amides is 1. The first-order chi connectivity index (χ1) is 21.9. The van der Waals surface area contributed by atoms with Crippen molar-refractivity contribution in [3.05, 3.63) is 53.3 Å². The van der Waals surface area contributed by atoms with Crippen LogP contribution < -0.4 is 16.4 Å². The average molecular weight is 630 g/mol. The van der Waals surface area contributed by atoms with Gasteiger partial charge in [0.2, 0.25) is 5.91 Å². The highest BCUT2D eigenvalue weighted by atomic mass is 35.5. The predicted molar refractivity (Wildman–Crippen MR) is 174 cm³/mol. The fourth-order valence-corrected chi connectivity index (χ4v) is 6.79. The van der Waals surface area contributed by atoms with Gasteiger partial charge in [0.05, 0.1) is 24.6 Å². The second-order valence-electron chi connectivity index (χ2n) is 11.8. The molecule has 1 aliphatic carbocycles. The van der Waals surface area contributed by atoms with Crippen molar-refractivity contribution < 1.29 is 13.9 Å². The van der Waals surface area contributed by atoms with Crippen molar-refractivity contribution >= 4 is 57.2 Å². The van der Waals surface area contributed by atoms with Crippen LogP contribution in [0.3, 0.4) is 0 Å². The number of oxazole rings is 1. The first kappa shape index (κ1) is 29.5. The Hall–Kier alpha value is -4.26. The van der Waals surface area contributed by atoms with Crippen molar-refractivity contribution in [2.45, 2.75) is 51.1 Å². The van der Waals surface area contributed by atoms with Crippen LogP contribution in [-0.2, 0) is 9.53 Å². The lowest BCUT2D eigenvalue weighted by Crippen LogP contribution is -2.45. The quantitative estimate of drug-likeness (QED) is 0.192. The van der Waals surface area contributed by atoms with E-state index in [4.69, 9.17) is 36.6 Å². The highest BCUT2D eigenvalue weighted by Crippen LogP contribution is 2.38. The zero-order valence-corrected chi connectivity index (χ0v) is 25.9. The number of rotatable bonds is 9. The van der Waals surface area contributed by atoms with E-state index in [0.29, 0.717) is 40.5 Å². The molecule has 2 aliphatic rings. The molecule has 2 aromatic carbocycles. The number of hydrogen-bond acceptors (Lipinski definition) is 10. The summed E-state index contributed by atoms with van der Waals surface area (Å²) in [7, 11) is 0. The van der Waals surface area contributed by atoms with Crippen molar-refractivity contribution in [2.24, 2.45) is 5.73 Å². The zero-order chi connectivity index (χ0) is 30.9. The fourth-order valence-electron chi connectivity index (χ4n) is 6.52. The number of hydrogen-bond donors (Lipinski definition) is 3. The smallest absolute Gasteiger partial charge is 0.300 e. The van der Waals surface area contributed by atoms with E-state index >= 15 is 0 Å². The lowest BCUT2D eigenvalue weighted by Gasteiger charge is -2.38. The lowest BCUT2D eigenvalue weighted by atomic mass is 9.90. The summed E-state index contributed by atoms with van der Waals surface area (Å²) in [5.74, 6) is 0.258. The number of nitrogens with zero attached hydrogens (tertiary/aromatic N) is 6. The van der Waals surface area contributed by atoms with Crippen LogP contribution in [0, 0.1) is 6.92 Å². The van der Waals surface area contributed by atoms with Crippen LogP contribution in [0.1, 0.15) is 43.7 Å². The molecule has 45 heavy (non-hydrogen) atoms. The molecular weight excluding hydrogens is 594 g/mol. The molecule has 1 saturated carbocycles. The van der Waals surface area contributed by atoms with Crippen molar-refractivity contribution in [3.8, 4) is 11.3 Å². The van der Waals surface area contributed by atoms with E-state index in [1.54, 1.807) is 12.4 Å². The monoisotopic (exact) mass is 629 g/mol. The summed E-state index contributed by atoms with van der Waals surface area (Å²) in [6, 6.07) is 12.8. The molecule has 1 aliphatic heterocycles. The molecule has 0 spiro atoms. The number of benzene rings is 2. The number of anilines is 3. The molecule has 12 nitrogen and oxygen atoms in total. The van der Waals surface area contributed by atoms with E-state index in [0.717, 1.165) is 85.5 Å². The first-order valence-corrected chi connectivity index (χ1v) is 15.8. The minimum absolute atomic E-state index is 0.197. The molecular formula is C32H36ClN9O3. The van der Waals surface area contributed by atoms with Crippen molar-refractivity contribution in [3.63, 3.8) is 0 Å². The summed E-state index contributed by atoms with van der Waals surface area (Å²) in [5.41, 5.74) is 11.0. The third-order valence-corrected chi connectivity index (χ3v) is 9.00. The normalized spacial score (nSPS) is 19.2. The number of aryl methyl sites for hydroxylation is 1. The SMILES string of the molecule is Cc1cc(Cl)cc2nc(Nc3ccc(-c4nn(C5CCC(N6CCOCC6)CC5)c5ncnc(NCCC(N)=O)c45)cc3)oc12. The third-order valence-electron chi connectivity index (χ3n) is 8.78. The van der Waals surface area contributed by atoms with Crippen LogP contribution in [0.4, 0.5) is 17.5 Å². The molecule has 0 radical (unpaired) electrons. The van der Waals surface area contributed by atoms with E-state index in [2.05, 4.69) is 30.2 Å². The largest absolute Gasteiger partial charge is 0.423 e. The van der Waals surface area contributed by atoms with Gasteiger partial charge in [0.25, 0.3) is 6.01 Å². The Morgan fingerprint density at radius 1 is 1.07 bits per heavy atom. The van der Waals surface area contributed by atoms with E-state index in [1.807, 2.05) is 37.3 Å². The Bertz CT molecular complexity index is 1820. The Labute approximate surface area is 265 Å². The van der Waals surface area contributed by atoms with Crippen LogP contribution >= 0.6 is 11.6 Å². The number of ether oxygens (including phenoxy) is 1. The lowest BCUT2D eigenvalue weighted by molar-refractivity contribution is -0.117. The minimum atomic E-state index is -0.374. The molecule has 0 bridgehead atoms. The number of carbonyl (C=O) groups is 1. The average Bonchev–Trinajstić information content (AvgIpc) is 3.64. The molecule has 1 amide bonds. The maximum Gasteiger partial charge on any atom is 0.300 e. The number of amides is 1. The maximum absolute atomic E-state index is 11.4. The Morgan fingerprint density at radius 3 is 2.58 bits per heavy atom. The van der Waals surface area contributed by atoms with Crippen molar-refractivity contribution in [1.82, 2.24) is 29.6 Å². The topological polar surface area (TPSA) is 149 Å². The highest BCUT2D eigenvalue weighted by molar-refractivity contribution is 6.31. The van der Waals surface area contributed by atoms with E-state index < -0.39 is 0 Å². The van der Waals surface area contributed by atoms with Crippen LogP contribution in [0.5, 0.6) is 0 Å². The van der Waals surface area contributed by atoms with Crippen molar-refractivity contribution in [1.29, 1.82) is 0 Å². The van der Waals surface area contributed by atoms with E-state index in [1.165, 1.54) is 0 Å². The number of aromatic nitrogens is 5. The Balaban J connectivity index is 1.17. The molecule has 2 fully saturated rings. The Morgan fingerprint density at radius 2 is 1.82 bits per heavy atom. The Kier molecular flexibility index (Phi) is 8.26. The first-order valence-electron chi connectivity index (χ1n) is 15.4. The van der Waals surface area contributed by atoms with Gasteiger partial charge in [0.15, 0.2) is 11.2 Å². The van der Waals surface area contributed by atoms with Gasteiger partial charge < -0.3 is 25.5 Å². The standard InChI is InChI=1S/C32H36ClN9O3/c1-19-16-21(33)17-25-29(19)45-32(39-25)38-22-4-2-20(3-5-22)28-27-30(35-11-10-26(34)43)36-18-37-31(27)42(40-28)24-8-6-23(7-9-24)41-12-14-44-15-13-41/h2-5,16-18,23-24H,6-15H2,1H3,(H2,34,43)(H,38,39)(H,35,36,37). The van der Waals surface area contributed by atoms with Gasteiger partial charge in [-0.25, -0.2) is 14.6 Å². The number of halogens is 1. The molecule has 234 valence electrons. The zero-order valence-electron chi connectivity index (χ0n) is 25.1. The molecule has 1 saturated heterocycles. The molecule has 5 aromatic rings. The third kappa shape index (κ3) is 6.18. The number of fused-ring (bicyclic) bond motifs is 2. The number of morpholine rings is 1. The van der Waals surface area contributed by atoms with Gasteiger partial charge >= 0.3 is 0 Å². The van der Waals surface area contributed by atoms with Gasteiger partial charge in [-0.05, 0) is 62.4 Å². The summed E-state index contributed by atoms with van der Waals surface area (Å²) in [5, 5.41) is 13.2. The second kappa shape index (κ2) is 12.6. The number of nitrogens with one attached hydrogen (secondary N) is 2. The van der Waals surface area contributed by atoms with Gasteiger partial charge in [-0.1, -0.05) is 23.7 Å². The second-order valence-corrected chi connectivity index (χ2v) is 12.2. The maximum atomic E-state index is 11.4. The van der Waals surface area contributed by atoms with Gasteiger partial charge in [-0.2, -0.15) is 10.1 Å².